The van der Waals surface area contributed by atoms with Gasteiger partial charge in [-0.1, -0.05) is 54.1 Å². The summed E-state index contributed by atoms with van der Waals surface area (Å²) >= 11 is 0. The van der Waals surface area contributed by atoms with Crippen molar-refractivity contribution in [1.29, 1.82) is 0 Å². The van der Waals surface area contributed by atoms with Crippen molar-refractivity contribution in [2.75, 3.05) is 5.73 Å². The van der Waals surface area contributed by atoms with Gasteiger partial charge in [-0.25, -0.2) is 4.98 Å². The van der Waals surface area contributed by atoms with Crippen LogP contribution >= 0.6 is 0 Å². The SMILES string of the molecule is Cc1ccc(-c2ccc(COc3cc(N)nc4n[nH]nc34)cc2)cc1. The zero-order chi connectivity index (χ0) is 17.2. The lowest BCUT2D eigenvalue weighted by Gasteiger charge is -2.08. The molecule has 2 aromatic heterocycles. The number of H-pyrrole nitrogens is 1. The van der Waals surface area contributed by atoms with Crippen LogP contribution in [0.3, 0.4) is 0 Å². The summed E-state index contributed by atoms with van der Waals surface area (Å²) in [7, 11) is 0. The molecule has 0 aliphatic rings. The minimum Gasteiger partial charge on any atom is -0.486 e. The molecule has 0 atom stereocenters. The molecule has 4 aromatic rings. The molecule has 0 bridgehead atoms. The minimum atomic E-state index is 0.353. The summed E-state index contributed by atoms with van der Waals surface area (Å²) in [4.78, 5) is 4.10. The van der Waals surface area contributed by atoms with Gasteiger partial charge in [-0.2, -0.15) is 10.3 Å². The molecule has 0 unspecified atom stereocenters. The predicted molar refractivity (Wildman–Crippen MR) is 97.0 cm³/mol. The van der Waals surface area contributed by atoms with Crippen LogP contribution in [-0.4, -0.2) is 20.4 Å². The average Bonchev–Trinajstić information content (AvgIpc) is 3.09. The largest absolute Gasteiger partial charge is 0.486 e. The standard InChI is InChI=1S/C19H17N5O/c1-12-2-6-14(7-3-12)15-8-4-13(5-9-15)11-25-16-10-17(20)21-19-18(16)22-24-23-19/h2-10H,11H2,1H3,(H3,20,21,22,23,24). The van der Waals surface area contributed by atoms with Crippen molar-refractivity contribution in [1.82, 2.24) is 20.4 Å². The molecule has 4 rings (SSSR count). The Morgan fingerprint density at radius 3 is 2.36 bits per heavy atom. The fourth-order valence-electron chi connectivity index (χ4n) is 2.64. The Hall–Kier alpha value is -3.41. The molecular weight excluding hydrogens is 314 g/mol. The Kier molecular flexibility index (Phi) is 3.78. The molecule has 124 valence electrons. The molecule has 6 nitrogen and oxygen atoms in total. The maximum atomic E-state index is 5.86. The van der Waals surface area contributed by atoms with Gasteiger partial charge in [0.05, 0.1) is 0 Å². The van der Waals surface area contributed by atoms with Crippen LogP contribution < -0.4 is 10.5 Å². The molecule has 0 amide bonds. The van der Waals surface area contributed by atoms with E-state index in [2.05, 4.69) is 75.8 Å². The Balaban J connectivity index is 1.51. The molecule has 0 saturated carbocycles. The van der Waals surface area contributed by atoms with E-state index in [1.54, 1.807) is 6.07 Å². The van der Waals surface area contributed by atoms with Crippen LogP contribution in [0.5, 0.6) is 5.75 Å². The number of fused-ring (bicyclic) bond motifs is 1. The van der Waals surface area contributed by atoms with E-state index in [-0.39, 0.29) is 0 Å². The van der Waals surface area contributed by atoms with Crippen LogP contribution in [0.4, 0.5) is 5.82 Å². The number of aryl methyl sites for hydroxylation is 1. The summed E-state index contributed by atoms with van der Waals surface area (Å²) in [5.41, 5.74) is 11.5. The number of benzene rings is 2. The second-order valence-electron chi connectivity index (χ2n) is 5.89. The number of hydrogen-bond donors (Lipinski definition) is 2. The topological polar surface area (TPSA) is 89.7 Å². The summed E-state index contributed by atoms with van der Waals surface area (Å²) in [5.74, 6) is 0.921. The van der Waals surface area contributed by atoms with Gasteiger partial charge in [0.2, 0.25) is 5.65 Å². The van der Waals surface area contributed by atoms with E-state index < -0.39 is 0 Å². The average molecular weight is 331 g/mol. The van der Waals surface area contributed by atoms with Crippen molar-refractivity contribution in [3.63, 3.8) is 0 Å². The maximum Gasteiger partial charge on any atom is 0.207 e. The van der Waals surface area contributed by atoms with Gasteiger partial charge in [0.1, 0.15) is 12.4 Å². The first-order valence-corrected chi connectivity index (χ1v) is 7.95. The first-order valence-electron chi connectivity index (χ1n) is 7.95. The van der Waals surface area contributed by atoms with E-state index in [1.807, 2.05) is 0 Å². The van der Waals surface area contributed by atoms with Gasteiger partial charge in [-0.3, -0.25) is 0 Å². The van der Waals surface area contributed by atoms with Crippen molar-refractivity contribution in [2.24, 2.45) is 0 Å². The number of aromatic nitrogens is 4. The number of nitrogen functional groups attached to an aromatic ring is 1. The fourth-order valence-corrected chi connectivity index (χ4v) is 2.64. The lowest BCUT2D eigenvalue weighted by atomic mass is 10.0. The maximum absolute atomic E-state index is 5.86. The number of nitrogens with zero attached hydrogens (tertiary/aromatic N) is 3. The van der Waals surface area contributed by atoms with Crippen LogP contribution in [0.25, 0.3) is 22.3 Å². The van der Waals surface area contributed by atoms with Crippen molar-refractivity contribution < 1.29 is 4.74 Å². The van der Waals surface area contributed by atoms with Crippen LogP contribution in [-0.2, 0) is 6.61 Å². The first-order chi connectivity index (χ1) is 12.2. The summed E-state index contributed by atoms with van der Waals surface area (Å²) in [6.45, 7) is 2.50. The van der Waals surface area contributed by atoms with E-state index in [4.69, 9.17) is 10.5 Å². The van der Waals surface area contributed by atoms with Gasteiger partial charge in [0.25, 0.3) is 0 Å². The third-order valence-corrected chi connectivity index (χ3v) is 4.01. The van der Waals surface area contributed by atoms with E-state index >= 15 is 0 Å². The number of rotatable bonds is 4. The van der Waals surface area contributed by atoms with Gasteiger partial charge in [-0.05, 0) is 23.6 Å². The Morgan fingerprint density at radius 1 is 0.960 bits per heavy atom. The smallest absolute Gasteiger partial charge is 0.207 e. The molecule has 0 aliphatic carbocycles. The minimum absolute atomic E-state index is 0.353. The van der Waals surface area contributed by atoms with E-state index in [0.717, 1.165) is 5.56 Å². The number of hydrogen-bond acceptors (Lipinski definition) is 5. The van der Waals surface area contributed by atoms with E-state index in [1.165, 1.54) is 16.7 Å². The fraction of sp³-hybridized carbons (Fsp3) is 0.105. The Labute approximate surface area is 144 Å². The summed E-state index contributed by atoms with van der Waals surface area (Å²) in [6, 6.07) is 18.4. The van der Waals surface area contributed by atoms with Crippen molar-refractivity contribution in [2.45, 2.75) is 13.5 Å². The molecule has 25 heavy (non-hydrogen) atoms. The number of aromatic amines is 1. The second kappa shape index (κ2) is 6.24. The zero-order valence-corrected chi connectivity index (χ0v) is 13.7. The predicted octanol–water partition coefficient (Wildman–Crippen LogP) is 3.49. The summed E-state index contributed by atoms with van der Waals surface area (Å²) in [5, 5.41) is 10.5. The third kappa shape index (κ3) is 3.14. The van der Waals surface area contributed by atoms with E-state index in [0.29, 0.717) is 29.3 Å². The van der Waals surface area contributed by atoms with Gasteiger partial charge < -0.3 is 10.5 Å². The lowest BCUT2D eigenvalue weighted by Crippen LogP contribution is -1.99. The molecule has 0 spiro atoms. The highest BCUT2D eigenvalue weighted by molar-refractivity contribution is 5.78. The monoisotopic (exact) mass is 331 g/mol. The van der Waals surface area contributed by atoms with Crippen molar-refractivity contribution in [3.05, 3.63) is 65.7 Å². The lowest BCUT2D eigenvalue weighted by molar-refractivity contribution is 0.309. The van der Waals surface area contributed by atoms with Crippen LogP contribution in [0.2, 0.25) is 0 Å². The normalized spacial score (nSPS) is 10.9. The number of pyridine rings is 1. The first kappa shape index (κ1) is 15.1. The molecule has 3 N–H and O–H groups in total. The molecule has 2 heterocycles. The highest BCUT2D eigenvalue weighted by Crippen LogP contribution is 2.25. The molecular formula is C19H17N5O. The number of ether oxygens (including phenoxy) is 1. The van der Waals surface area contributed by atoms with Crippen LogP contribution in [0, 0.1) is 6.92 Å². The van der Waals surface area contributed by atoms with Crippen LogP contribution in [0.15, 0.2) is 54.6 Å². The van der Waals surface area contributed by atoms with Gasteiger partial charge in [-0.15, -0.1) is 5.10 Å². The quantitative estimate of drug-likeness (QED) is 0.597. The van der Waals surface area contributed by atoms with Gasteiger partial charge in [0.15, 0.2) is 11.3 Å². The van der Waals surface area contributed by atoms with Crippen LogP contribution in [0.1, 0.15) is 11.1 Å². The Bertz CT molecular complexity index is 1010. The number of nitrogens with two attached hydrogens (primary N) is 1. The third-order valence-electron chi connectivity index (χ3n) is 4.01. The van der Waals surface area contributed by atoms with Gasteiger partial charge >= 0.3 is 0 Å². The summed E-state index contributed by atoms with van der Waals surface area (Å²) in [6.07, 6.45) is 0. The molecule has 0 fully saturated rings. The van der Waals surface area contributed by atoms with Gasteiger partial charge in [0, 0.05) is 6.07 Å². The summed E-state index contributed by atoms with van der Waals surface area (Å²) < 4.78 is 5.86. The molecule has 0 aliphatic heterocycles. The van der Waals surface area contributed by atoms with E-state index in [9.17, 15) is 0 Å². The highest BCUT2D eigenvalue weighted by Gasteiger charge is 2.09. The second-order valence-corrected chi connectivity index (χ2v) is 5.89. The Morgan fingerprint density at radius 2 is 1.64 bits per heavy atom. The molecule has 6 heteroatoms. The van der Waals surface area contributed by atoms with Crippen molar-refractivity contribution >= 4 is 17.0 Å². The number of anilines is 1. The highest BCUT2D eigenvalue weighted by atomic mass is 16.5. The van der Waals surface area contributed by atoms with Crippen molar-refractivity contribution in [3.8, 4) is 16.9 Å². The number of nitrogens with one attached hydrogen (secondary N) is 1. The molecule has 2 aromatic carbocycles. The zero-order valence-electron chi connectivity index (χ0n) is 13.7. The molecule has 0 saturated heterocycles. The molecule has 0 radical (unpaired) electrons.